The lowest BCUT2D eigenvalue weighted by molar-refractivity contribution is 0.470. The van der Waals surface area contributed by atoms with Gasteiger partial charge < -0.3 is 9.67 Å². The number of nitrogens with zero attached hydrogens (tertiary/aromatic N) is 6. The van der Waals surface area contributed by atoms with Gasteiger partial charge in [0.25, 0.3) is 0 Å². The number of aromatic nitrogens is 6. The molecule has 1 N–H and O–H groups in total. The molecule has 3 heterocycles. The van der Waals surface area contributed by atoms with Gasteiger partial charge in [0, 0.05) is 17.8 Å². The number of hydrogen-bond acceptors (Lipinski definition) is 5. The first kappa shape index (κ1) is 12.5. The van der Waals surface area contributed by atoms with Crippen molar-refractivity contribution in [3.05, 3.63) is 60.9 Å². The summed E-state index contributed by atoms with van der Waals surface area (Å²) in [5.74, 6) is 0.165. The third kappa shape index (κ3) is 2.08. The SMILES string of the molecule is Oc1ccccc1-n1cc(Cn2ccc3cncnc32)nn1. The fourth-order valence-corrected chi connectivity index (χ4v) is 2.38. The van der Waals surface area contributed by atoms with Crippen molar-refractivity contribution in [2.45, 2.75) is 6.54 Å². The summed E-state index contributed by atoms with van der Waals surface area (Å²) in [5.41, 5.74) is 2.23. The molecule has 7 heteroatoms. The minimum Gasteiger partial charge on any atom is -0.506 e. The van der Waals surface area contributed by atoms with E-state index in [2.05, 4.69) is 20.3 Å². The second-order valence-electron chi connectivity index (χ2n) is 4.89. The summed E-state index contributed by atoms with van der Waals surface area (Å²) in [6, 6.07) is 8.97. The highest BCUT2D eigenvalue weighted by atomic mass is 16.3. The molecule has 4 rings (SSSR count). The maximum atomic E-state index is 9.86. The third-order valence-corrected chi connectivity index (χ3v) is 3.43. The van der Waals surface area contributed by atoms with Crippen molar-refractivity contribution in [2.24, 2.45) is 0 Å². The molecule has 0 radical (unpaired) electrons. The number of hydrogen-bond donors (Lipinski definition) is 1. The number of fused-ring (bicyclic) bond motifs is 1. The average Bonchev–Trinajstić information content (AvgIpc) is 3.16. The topological polar surface area (TPSA) is 81.7 Å². The quantitative estimate of drug-likeness (QED) is 0.622. The van der Waals surface area contributed by atoms with Gasteiger partial charge in [0.05, 0.1) is 12.7 Å². The van der Waals surface area contributed by atoms with E-state index in [0.29, 0.717) is 12.2 Å². The Labute approximate surface area is 125 Å². The maximum Gasteiger partial charge on any atom is 0.143 e. The zero-order chi connectivity index (χ0) is 14.9. The molecule has 0 saturated carbocycles. The smallest absolute Gasteiger partial charge is 0.143 e. The fourth-order valence-electron chi connectivity index (χ4n) is 2.38. The summed E-state index contributed by atoms with van der Waals surface area (Å²) in [7, 11) is 0. The van der Waals surface area contributed by atoms with E-state index in [1.54, 1.807) is 35.3 Å². The number of phenols is 1. The molecule has 7 nitrogen and oxygen atoms in total. The Hall–Kier alpha value is -3.22. The van der Waals surface area contributed by atoms with Crippen molar-refractivity contribution in [1.82, 2.24) is 29.5 Å². The van der Waals surface area contributed by atoms with Crippen LogP contribution in [-0.4, -0.2) is 34.6 Å². The van der Waals surface area contributed by atoms with Gasteiger partial charge in [-0.05, 0) is 18.2 Å². The second kappa shape index (κ2) is 4.96. The van der Waals surface area contributed by atoms with Crippen LogP contribution in [0.2, 0.25) is 0 Å². The van der Waals surface area contributed by atoms with E-state index >= 15 is 0 Å². The van der Waals surface area contributed by atoms with Gasteiger partial charge in [-0.2, -0.15) is 0 Å². The first-order valence-electron chi connectivity index (χ1n) is 6.76. The molecule has 0 bridgehead atoms. The van der Waals surface area contributed by atoms with Crippen molar-refractivity contribution >= 4 is 11.0 Å². The molecular formula is C15H12N6O. The molecule has 22 heavy (non-hydrogen) atoms. The Kier molecular flexibility index (Phi) is 2.82. The fraction of sp³-hybridized carbons (Fsp3) is 0.0667. The van der Waals surface area contributed by atoms with Crippen LogP contribution in [0.3, 0.4) is 0 Å². The van der Waals surface area contributed by atoms with Crippen LogP contribution in [0.15, 0.2) is 55.2 Å². The predicted octanol–water partition coefficient (Wildman–Crippen LogP) is 1.77. The monoisotopic (exact) mass is 292 g/mol. The van der Waals surface area contributed by atoms with Gasteiger partial charge in [-0.15, -0.1) is 5.10 Å². The van der Waals surface area contributed by atoms with E-state index in [0.717, 1.165) is 16.7 Å². The summed E-state index contributed by atoms with van der Waals surface area (Å²) >= 11 is 0. The first-order chi connectivity index (χ1) is 10.8. The van der Waals surface area contributed by atoms with Crippen LogP contribution in [0.25, 0.3) is 16.7 Å². The number of rotatable bonds is 3. The van der Waals surface area contributed by atoms with Crippen molar-refractivity contribution in [3.8, 4) is 11.4 Å². The zero-order valence-electron chi connectivity index (χ0n) is 11.5. The standard InChI is InChI=1S/C15H12N6O/c22-14-4-2-1-3-13(14)21-9-12(18-19-21)8-20-6-5-11-7-16-10-17-15(11)20/h1-7,9-10,22H,8H2. The Morgan fingerprint density at radius 1 is 1.14 bits per heavy atom. The molecule has 0 saturated heterocycles. The zero-order valence-corrected chi connectivity index (χ0v) is 11.5. The van der Waals surface area contributed by atoms with Crippen LogP contribution in [0.1, 0.15) is 5.69 Å². The summed E-state index contributed by atoms with van der Waals surface area (Å²) in [5, 5.41) is 19.1. The predicted molar refractivity (Wildman–Crippen MR) is 79.7 cm³/mol. The van der Waals surface area contributed by atoms with Gasteiger partial charge in [-0.1, -0.05) is 17.3 Å². The van der Waals surface area contributed by atoms with E-state index in [1.807, 2.05) is 22.9 Å². The van der Waals surface area contributed by atoms with Gasteiger partial charge >= 0.3 is 0 Å². The van der Waals surface area contributed by atoms with Crippen LogP contribution >= 0.6 is 0 Å². The second-order valence-corrected chi connectivity index (χ2v) is 4.89. The number of benzene rings is 1. The molecule has 4 aromatic rings. The summed E-state index contributed by atoms with van der Waals surface area (Å²) in [6.07, 6.45) is 7.04. The van der Waals surface area contributed by atoms with Crippen molar-refractivity contribution in [2.75, 3.05) is 0 Å². The highest BCUT2D eigenvalue weighted by Crippen LogP contribution is 2.20. The van der Waals surface area contributed by atoms with E-state index < -0.39 is 0 Å². The van der Waals surface area contributed by atoms with Crippen LogP contribution in [0.5, 0.6) is 5.75 Å². The Morgan fingerprint density at radius 3 is 2.95 bits per heavy atom. The summed E-state index contributed by atoms with van der Waals surface area (Å²) in [4.78, 5) is 8.28. The molecule has 1 aromatic carbocycles. The van der Waals surface area contributed by atoms with Crippen LogP contribution in [0, 0.1) is 0 Å². The maximum absolute atomic E-state index is 9.86. The molecular weight excluding hydrogens is 280 g/mol. The summed E-state index contributed by atoms with van der Waals surface area (Å²) in [6.45, 7) is 0.550. The third-order valence-electron chi connectivity index (χ3n) is 3.43. The van der Waals surface area contributed by atoms with Crippen molar-refractivity contribution in [1.29, 1.82) is 0 Å². The molecule has 0 aliphatic carbocycles. The lowest BCUT2D eigenvalue weighted by Crippen LogP contribution is -1.99. The van der Waals surface area contributed by atoms with Crippen molar-refractivity contribution in [3.63, 3.8) is 0 Å². The molecule has 0 atom stereocenters. The molecule has 0 aliphatic rings. The van der Waals surface area contributed by atoms with Gasteiger partial charge in [0.2, 0.25) is 0 Å². The van der Waals surface area contributed by atoms with E-state index in [1.165, 1.54) is 6.33 Å². The lowest BCUT2D eigenvalue weighted by atomic mass is 10.3. The Morgan fingerprint density at radius 2 is 2.05 bits per heavy atom. The van der Waals surface area contributed by atoms with E-state index in [-0.39, 0.29) is 5.75 Å². The Bertz CT molecular complexity index is 942. The van der Waals surface area contributed by atoms with Crippen LogP contribution < -0.4 is 0 Å². The number of phenolic OH excluding ortho intramolecular Hbond substituents is 1. The molecule has 108 valence electrons. The molecule has 0 amide bonds. The highest BCUT2D eigenvalue weighted by molar-refractivity contribution is 5.74. The molecule has 0 aliphatic heterocycles. The van der Waals surface area contributed by atoms with E-state index in [9.17, 15) is 5.11 Å². The van der Waals surface area contributed by atoms with Crippen molar-refractivity contribution < 1.29 is 5.11 Å². The lowest BCUT2D eigenvalue weighted by Gasteiger charge is -2.02. The minimum absolute atomic E-state index is 0.165. The largest absolute Gasteiger partial charge is 0.506 e. The van der Waals surface area contributed by atoms with Crippen LogP contribution in [-0.2, 0) is 6.54 Å². The van der Waals surface area contributed by atoms with Gasteiger partial charge in [0.15, 0.2) is 0 Å². The summed E-state index contributed by atoms with van der Waals surface area (Å²) < 4.78 is 3.54. The minimum atomic E-state index is 0.165. The molecule has 3 aromatic heterocycles. The van der Waals surface area contributed by atoms with Gasteiger partial charge in [-0.3, -0.25) is 0 Å². The van der Waals surface area contributed by atoms with Gasteiger partial charge in [0.1, 0.15) is 29.1 Å². The number of para-hydroxylation sites is 2. The number of aromatic hydroxyl groups is 1. The van der Waals surface area contributed by atoms with E-state index in [4.69, 9.17) is 0 Å². The van der Waals surface area contributed by atoms with Gasteiger partial charge in [-0.25, -0.2) is 14.6 Å². The molecule has 0 fully saturated rings. The average molecular weight is 292 g/mol. The molecule has 0 spiro atoms. The highest BCUT2D eigenvalue weighted by Gasteiger charge is 2.08. The van der Waals surface area contributed by atoms with Crippen LogP contribution in [0.4, 0.5) is 0 Å². The first-order valence-corrected chi connectivity index (χ1v) is 6.76. The Balaban J connectivity index is 1.66. The molecule has 0 unspecified atom stereocenters. The normalized spacial score (nSPS) is 11.1.